The lowest BCUT2D eigenvalue weighted by molar-refractivity contribution is -0.118. The van der Waals surface area contributed by atoms with Crippen molar-refractivity contribution in [2.75, 3.05) is 19.0 Å². The summed E-state index contributed by atoms with van der Waals surface area (Å²) < 4.78 is 28.7. The van der Waals surface area contributed by atoms with Gasteiger partial charge in [0, 0.05) is 17.0 Å². The summed E-state index contributed by atoms with van der Waals surface area (Å²) in [6, 6.07) is 6.12. The maximum absolute atomic E-state index is 13.8. The first-order valence-corrected chi connectivity index (χ1v) is 8.08. The van der Waals surface area contributed by atoms with Crippen LogP contribution in [0.1, 0.15) is 5.76 Å². The van der Waals surface area contributed by atoms with E-state index in [1.54, 1.807) is 24.4 Å². The number of hydrogen-bond acceptors (Lipinski definition) is 7. The van der Waals surface area contributed by atoms with E-state index in [0.29, 0.717) is 22.1 Å². The zero-order valence-corrected chi connectivity index (χ0v) is 14.2. The maximum atomic E-state index is 13.8. The zero-order valence-electron chi connectivity index (χ0n) is 13.4. The first-order chi connectivity index (χ1) is 12.0. The van der Waals surface area contributed by atoms with Crippen LogP contribution < -0.4 is 14.8 Å². The lowest BCUT2D eigenvalue weighted by Gasteiger charge is -2.03. The highest BCUT2D eigenvalue weighted by Crippen LogP contribution is 2.28. The van der Waals surface area contributed by atoms with Crippen LogP contribution in [-0.2, 0) is 4.79 Å². The van der Waals surface area contributed by atoms with E-state index in [9.17, 15) is 9.18 Å². The van der Waals surface area contributed by atoms with Gasteiger partial charge in [-0.1, -0.05) is 0 Å². The van der Waals surface area contributed by atoms with Crippen molar-refractivity contribution in [1.29, 1.82) is 0 Å². The molecule has 0 atom stereocenters. The number of amides is 1. The fourth-order valence-corrected chi connectivity index (χ4v) is 2.73. The molecule has 0 spiro atoms. The average Bonchev–Trinajstić information content (AvgIpc) is 3.22. The van der Waals surface area contributed by atoms with Crippen molar-refractivity contribution in [3.8, 4) is 22.9 Å². The Balaban J connectivity index is 1.61. The number of aromatic nitrogens is 2. The van der Waals surface area contributed by atoms with Crippen molar-refractivity contribution >= 4 is 22.4 Å². The SMILES string of the molecule is COc1ccc(-c2csc(NC(=O)COc3cc(C)on3)n2)cc1F. The largest absolute Gasteiger partial charge is 0.494 e. The van der Waals surface area contributed by atoms with E-state index in [4.69, 9.17) is 14.0 Å². The van der Waals surface area contributed by atoms with Crippen LogP contribution in [0.15, 0.2) is 34.2 Å². The number of ether oxygens (including phenoxy) is 2. The van der Waals surface area contributed by atoms with Gasteiger partial charge in [0.25, 0.3) is 11.8 Å². The van der Waals surface area contributed by atoms with Crippen molar-refractivity contribution in [2.45, 2.75) is 6.92 Å². The quantitative estimate of drug-likeness (QED) is 0.723. The molecule has 0 saturated carbocycles. The number of halogens is 1. The highest BCUT2D eigenvalue weighted by Gasteiger charge is 2.11. The number of aryl methyl sites for hydroxylation is 1. The van der Waals surface area contributed by atoms with E-state index < -0.39 is 5.82 Å². The van der Waals surface area contributed by atoms with Crippen LogP contribution in [0.2, 0.25) is 0 Å². The van der Waals surface area contributed by atoms with Gasteiger partial charge < -0.3 is 14.0 Å². The summed E-state index contributed by atoms with van der Waals surface area (Å²) in [5, 5.41) is 8.34. The molecule has 3 aromatic rings. The summed E-state index contributed by atoms with van der Waals surface area (Å²) in [7, 11) is 1.40. The van der Waals surface area contributed by atoms with Crippen LogP contribution in [0.25, 0.3) is 11.3 Å². The van der Waals surface area contributed by atoms with Gasteiger partial charge in [-0.05, 0) is 30.3 Å². The molecule has 7 nitrogen and oxygen atoms in total. The summed E-state index contributed by atoms with van der Waals surface area (Å²) >= 11 is 1.23. The normalized spacial score (nSPS) is 10.5. The molecular formula is C16H14FN3O4S. The molecule has 0 unspecified atom stereocenters. The van der Waals surface area contributed by atoms with Crippen LogP contribution in [0.3, 0.4) is 0 Å². The fraction of sp³-hybridized carbons (Fsp3) is 0.188. The number of carbonyl (C=O) groups is 1. The van der Waals surface area contributed by atoms with Gasteiger partial charge >= 0.3 is 0 Å². The first-order valence-electron chi connectivity index (χ1n) is 7.20. The molecule has 0 radical (unpaired) electrons. The molecule has 9 heteroatoms. The third-order valence-corrected chi connectivity index (χ3v) is 3.91. The monoisotopic (exact) mass is 363 g/mol. The number of thiazole rings is 1. The van der Waals surface area contributed by atoms with E-state index in [1.165, 1.54) is 30.6 Å². The lowest BCUT2D eigenvalue weighted by atomic mass is 10.1. The first kappa shape index (κ1) is 16.9. The summed E-state index contributed by atoms with van der Waals surface area (Å²) in [5.41, 5.74) is 1.14. The summed E-state index contributed by atoms with van der Waals surface area (Å²) in [5.74, 6) is 0.123. The summed E-state index contributed by atoms with van der Waals surface area (Å²) in [6.45, 7) is 1.50. The predicted molar refractivity (Wildman–Crippen MR) is 89.4 cm³/mol. The highest BCUT2D eigenvalue weighted by atomic mass is 32.1. The fourth-order valence-electron chi connectivity index (χ4n) is 2.00. The molecule has 130 valence electrons. The number of nitrogens with one attached hydrogen (secondary N) is 1. The second kappa shape index (κ2) is 7.31. The van der Waals surface area contributed by atoms with Gasteiger partial charge in [-0.25, -0.2) is 9.37 Å². The van der Waals surface area contributed by atoms with E-state index >= 15 is 0 Å². The third kappa shape index (κ3) is 4.13. The molecule has 0 aliphatic heterocycles. The van der Waals surface area contributed by atoms with Crippen molar-refractivity contribution < 1.29 is 23.2 Å². The van der Waals surface area contributed by atoms with Gasteiger partial charge in [-0.2, -0.15) is 0 Å². The van der Waals surface area contributed by atoms with E-state index in [2.05, 4.69) is 15.5 Å². The number of rotatable bonds is 6. The number of nitrogens with zero attached hydrogens (tertiary/aromatic N) is 2. The molecule has 0 fully saturated rings. The van der Waals surface area contributed by atoms with Gasteiger partial charge in [0.1, 0.15) is 5.76 Å². The number of carbonyl (C=O) groups excluding carboxylic acids is 1. The van der Waals surface area contributed by atoms with Crippen LogP contribution in [-0.4, -0.2) is 29.8 Å². The Labute approximate surface area is 146 Å². The Hall–Kier alpha value is -2.94. The number of hydrogen-bond donors (Lipinski definition) is 1. The maximum Gasteiger partial charge on any atom is 0.264 e. The Kier molecular flexibility index (Phi) is 4.94. The van der Waals surface area contributed by atoms with Crippen molar-refractivity contribution in [3.05, 3.63) is 41.2 Å². The minimum Gasteiger partial charge on any atom is -0.494 e. The van der Waals surface area contributed by atoms with Crippen LogP contribution in [0, 0.1) is 12.7 Å². The van der Waals surface area contributed by atoms with Crippen molar-refractivity contribution in [2.24, 2.45) is 0 Å². The number of benzene rings is 1. The van der Waals surface area contributed by atoms with E-state index in [-0.39, 0.29) is 24.1 Å². The van der Waals surface area contributed by atoms with E-state index in [1.807, 2.05) is 0 Å². The zero-order chi connectivity index (χ0) is 17.8. The van der Waals surface area contributed by atoms with Gasteiger partial charge in [-0.3, -0.25) is 10.1 Å². The Bertz CT molecular complexity index is 893. The Morgan fingerprint density at radius 1 is 1.40 bits per heavy atom. The van der Waals surface area contributed by atoms with Gasteiger partial charge in [0.05, 0.1) is 12.8 Å². The summed E-state index contributed by atoms with van der Waals surface area (Å²) in [4.78, 5) is 16.1. The minimum absolute atomic E-state index is 0.160. The van der Waals surface area contributed by atoms with Crippen LogP contribution in [0.5, 0.6) is 11.6 Å². The molecule has 3 rings (SSSR count). The molecule has 1 N–H and O–H groups in total. The minimum atomic E-state index is -0.477. The topological polar surface area (TPSA) is 86.5 Å². The predicted octanol–water partition coefficient (Wildman–Crippen LogP) is 3.27. The van der Waals surface area contributed by atoms with Gasteiger partial charge in [0.2, 0.25) is 0 Å². The molecule has 0 saturated heterocycles. The summed E-state index contributed by atoms with van der Waals surface area (Å²) in [6.07, 6.45) is 0. The smallest absolute Gasteiger partial charge is 0.264 e. The van der Waals surface area contributed by atoms with Gasteiger partial charge in [0.15, 0.2) is 23.3 Å². The Morgan fingerprint density at radius 2 is 2.24 bits per heavy atom. The third-order valence-electron chi connectivity index (χ3n) is 3.16. The molecular weight excluding hydrogens is 349 g/mol. The molecule has 25 heavy (non-hydrogen) atoms. The molecule has 2 heterocycles. The van der Waals surface area contributed by atoms with E-state index in [0.717, 1.165) is 0 Å². The molecule has 1 aromatic carbocycles. The second-order valence-electron chi connectivity index (χ2n) is 5.00. The molecule has 2 aromatic heterocycles. The second-order valence-corrected chi connectivity index (χ2v) is 5.86. The highest BCUT2D eigenvalue weighted by molar-refractivity contribution is 7.14. The van der Waals surface area contributed by atoms with Gasteiger partial charge in [-0.15, -0.1) is 11.3 Å². The van der Waals surface area contributed by atoms with Crippen molar-refractivity contribution in [1.82, 2.24) is 10.1 Å². The lowest BCUT2D eigenvalue weighted by Crippen LogP contribution is -2.20. The van der Waals surface area contributed by atoms with Crippen LogP contribution >= 0.6 is 11.3 Å². The van der Waals surface area contributed by atoms with Crippen LogP contribution in [0.4, 0.5) is 9.52 Å². The molecule has 0 aliphatic carbocycles. The number of methoxy groups -OCH3 is 1. The Morgan fingerprint density at radius 3 is 2.92 bits per heavy atom. The molecule has 1 amide bonds. The molecule has 0 aliphatic rings. The standard InChI is InChI=1S/C16H14FN3O4S/c1-9-5-15(20-24-9)23-7-14(21)19-16-18-12(8-25-16)10-3-4-13(22-2)11(17)6-10/h3-6,8H,7H2,1-2H3,(H,18,19,21). The van der Waals surface area contributed by atoms with Crippen molar-refractivity contribution in [3.63, 3.8) is 0 Å². The molecule has 0 bridgehead atoms. The number of anilines is 1. The average molecular weight is 363 g/mol.